The molecule has 114 valence electrons. The highest BCUT2D eigenvalue weighted by molar-refractivity contribution is 5.83. The van der Waals surface area contributed by atoms with Crippen LogP contribution < -0.4 is 15.0 Å². The fraction of sp³-hybridized carbons (Fsp3) is 0.125. The molecule has 0 aliphatic carbocycles. The average molecular weight is 308 g/mol. The summed E-state index contributed by atoms with van der Waals surface area (Å²) >= 11 is 0. The normalized spacial score (nSPS) is 13.1. The maximum absolute atomic E-state index is 12.7. The predicted molar refractivity (Wildman–Crippen MR) is 84.1 cm³/mol. The maximum atomic E-state index is 12.7. The Labute approximate surface area is 130 Å². The molecule has 1 aliphatic rings. The van der Waals surface area contributed by atoms with Crippen LogP contribution in [0.2, 0.25) is 0 Å². The van der Waals surface area contributed by atoms with Crippen LogP contribution in [0.4, 0.5) is 0 Å². The zero-order valence-electron chi connectivity index (χ0n) is 12.3. The van der Waals surface area contributed by atoms with Gasteiger partial charge in [-0.2, -0.15) is 9.78 Å². The Kier molecular flexibility index (Phi) is 3.04. The van der Waals surface area contributed by atoms with Crippen molar-refractivity contribution in [1.29, 1.82) is 0 Å². The molecule has 2 aromatic heterocycles. The van der Waals surface area contributed by atoms with E-state index in [1.165, 1.54) is 4.68 Å². The molecule has 0 fully saturated rings. The van der Waals surface area contributed by atoms with Crippen molar-refractivity contribution < 1.29 is 9.47 Å². The van der Waals surface area contributed by atoms with Crippen molar-refractivity contribution >= 4 is 17.1 Å². The predicted octanol–water partition coefficient (Wildman–Crippen LogP) is 1.71. The van der Waals surface area contributed by atoms with Crippen molar-refractivity contribution in [2.75, 3.05) is 6.79 Å². The molecular formula is C16H12N4O3. The molecule has 3 heterocycles. The van der Waals surface area contributed by atoms with Gasteiger partial charge in [-0.1, -0.05) is 0 Å². The number of rotatable bonds is 2. The quantitative estimate of drug-likeness (QED) is 0.673. The van der Waals surface area contributed by atoms with Crippen LogP contribution in [0.15, 0.2) is 46.6 Å². The van der Waals surface area contributed by atoms with Crippen LogP contribution in [0.1, 0.15) is 11.4 Å². The van der Waals surface area contributed by atoms with Gasteiger partial charge in [0.15, 0.2) is 11.5 Å². The first-order chi connectivity index (χ1) is 11.2. The second-order valence-corrected chi connectivity index (χ2v) is 5.02. The summed E-state index contributed by atoms with van der Waals surface area (Å²) in [6, 6.07) is 6.96. The Balaban J connectivity index is 1.86. The number of nitrogens with zero attached hydrogens (tertiary/aromatic N) is 4. The summed E-state index contributed by atoms with van der Waals surface area (Å²) in [6.45, 7) is 1.88. The molecule has 0 N–H and O–H groups in total. The van der Waals surface area contributed by atoms with Gasteiger partial charge in [-0.05, 0) is 30.7 Å². The van der Waals surface area contributed by atoms with Gasteiger partial charge in [0.05, 0.1) is 17.1 Å². The fourth-order valence-electron chi connectivity index (χ4n) is 2.39. The Morgan fingerprint density at radius 3 is 2.74 bits per heavy atom. The van der Waals surface area contributed by atoms with Gasteiger partial charge in [-0.3, -0.25) is 9.78 Å². The molecule has 7 heteroatoms. The number of hydrogen-bond acceptors (Lipinski definition) is 6. The Bertz CT molecular complexity index is 980. The minimum atomic E-state index is -0.254. The molecule has 0 bridgehead atoms. The Morgan fingerprint density at radius 1 is 1.22 bits per heavy atom. The van der Waals surface area contributed by atoms with E-state index in [0.29, 0.717) is 28.2 Å². The monoisotopic (exact) mass is 308 g/mol. The van der Waals surface area contributed by atoms with E-state index in [1.54, 1.807) is 49.8 Å². The van der Waals surface area contributed by atoms with Crippen LogP contribution in [0.25, 0.3) is 10.9 Å². The lowest BCUT2D eigenvalue weighted by atomic mass is 10.2. The van der Waals surface area contributed by atoms with Crippen LogP contribution in [-0.2, 0) is 0 Å². The molecule has 3 aromatic rings. The SMILES string of the molecule is Cc1nc2cc3c(cc2c(=O)n1/N=C/c1ccncc1)OCO3. The topological polar surface area (TPSA) is 78.6 Å². The van der Waals surface area contributed by atoms with Crippen molar-refractivity contribution in [2.45, 2.75) is 6.92 Å². The summed E-state index contributed by atoms with van der Waals surface area (Å²) in [5.74, 6) is 1.64. The number of aromatic nitrogens is 3. The van der Waals surface area contributed by atoms with Crippen LogP contribution >= 0.6 is 0 Å². The van der Waals surface area contributed by atoms with Crippen LogP contribution in [0.3, 0.4) is 0 Å². The van der Waals surface area contributed by atoms with Crippen molar-refractivity contribution in [2.24, 2.45) is 5.10 Å². The van der Waals surface area contributed by atoms with Crippen LogP contribution in [0, 0.1) is 6.92 Å². The number of benzene rings is 1. The summed E-state index contributed by atoms with van der Waals surface area (Å²) in [4.78, 5) is 21.0. The van der Waals surface area contributed by atoms with Crippen LogP contribution in [-0.4, -0.2) is 27.7 Å². The number of ether oxygens (including phenoxy) is 2. The van der Waals surface area contributed by atoms with Gasteiger partial charge < -0.3 is 9.47 Å². The third-order valence-electron chi connectivity index (χ3n) is 3.53. The van der Waals surface area contributed by atoms with E-state index in [2.05, 4.69) is 15.1 Å². The van der Waals surface area contributed by atoms with Crippen molar-refractivity contribution in [3.05, 3.63) is 58.4 Å². The zero-order valence-corrected chi connectivity index (χ0v) is 12.3. The molecule has 0 radical (unpaired) electrons. The van der Waals surface area contributed by atoms with Gasteiger partial charge >= 0.3 is 0 Å². The third kappa shape index (κ3) is 2.32. The second-order valence-electron chi connectivity index (χ2n) is 5.02. The van der Waals surface area contributed by atoms with E-state index in [0.717, 1.165) is 5.56 Å². The lowest BCUT2D eigenvalue weighted by Crippen LogP contribution is -2.20. The third-order valence-corrected chi connectivity index (χ3v) is 3.53. The lowest BCUT2D eigenvalue weighted by molar-refractivity contribution is 0.174. The minimum absolute atomic E-state index is 0.152. The van der Waals surface area contributed by atoms with Gasteiger partial charge in [-0.15, -0.1) is 0 Å². The Hall–Kier alpha value is -3.22. The van der Waals surface area contributed by atoms with Gasteiger partial charge in [0.2, 0.25) is 6.79 Å². The molecule has 23 heavy (non-hydrogen) atoms. The highest BCUT2D eigenvalue weighted by atomic mass is 16.7. The standard InChI is InChI=1S/C16H12N4O3/c1-10-19-13-7-15-14(22-9-23-15)6-12(13)16(21)20(10)18-8-11-2-4-17-5-3-11/h2-8H,9H2,1H3/b18-8+. The van der Waals surface area contributed by atoms with Gasteiger partial charge in [-0.25, -0.2) is 4.98 Å². The van der Waals surface area contributed by atoms with E-state index in [-0.39, 0.29) is 12.4 Å². The molecule has 0 unspecified atom stereocenters. The minimum Gasteiger partial charge on any atom is -0.454 e. The van der Waals surface area contributed by atoms with E-state index in [9.17, 15) is 4.79 Å². The van der Waals surface area contributed by atoms with E-state index in [1.807, 2.05) is 0 Å². The molecular weight excluding hydrogens is 296 g/mol. The number of pyridine rings is 1. The van der Waals surface area contributed by atoms with Gasteiger partial charge in [0, 0.05) is 18.5 Å². The molecule has 1 aromatic carbocycles. The maximum Gasteiger partial charge on any atom is 0.282 e. The fourth-order valence-corrected chi connectivity index (χ4v) is 2.39. The molecule has 0 atom stereocenters. The molecule has 0 saturated heterocycles. The first-order valence-corrected chi connectivity index (χ1v) is 7.00. The van der Waals surface area contributed by atoms with Gasteiger partial charge in [0.1, 0.15) is 5.82 Å². The highest BCUT2D eigenvalue weighted by Crippen LogP contribution is 2.34. The largest absolute Gasteiger partial charge is 0.454 e. The zero-order chi connectivity index (χ0) is 15.8. The number of hydrogen-bond donors (Lipinski definition) is 0. The van der Waals surface area contributed by atoms with Crippen LogP contribution in [0.5, 0.6) is 11.5 Å². The molecule has 1 aliphatic heterocycles. The van der Waals surface area contributed by atoms with Gasteiger partial charge in [0.25, 0.3) is 5.56 Å². The number of fused-ring (bicyclic) bond motifs is 2. The molecule has 0 saturated carbocycles. The highest BCUT2D eigenvalue weighted by Gasteiger charge is 2.17. The van der Waals surface area contributed by atoms with E-state index < -0.39 is 0 Å². The number of aryl methyl sites for hydroxylation is 1. The lowest BCUT2D eigenvalue weighted by Gasteiger charge is -2.06. The Morgan fingerprint density at radius 2 is 1.96 bits per heavy atom. The van der Waals surface area contributed by atoms with Crippen molar-refractivity contribution in [3.63, 3.8) is 0 Å². The van der Waals surface area contributed by atoms with E-state index in [4.69, 9.17) is 9.47 Å². The van der Waals surface area contributed by atoms with Crippen molar-refractivity contribution in [3.8, 4) is 11.5 Å². The van der Waals surface area contributed by atoms with Crippen molar-refractivity contribution in [1.82, 2.24) is 14.6 Å². The summed E-state index contributed by atoms with van der Waals surface area (Å²) in [7, 11) is 0. The molecule has 7 nitrogen and oxygen atoms in total. The van der Waals surface area contributed by atoms with E-state index >= 15 is 0 Å². The summed E-state index contributed by atoms with van der Waals surface area (Å²) in [5, 5.41) is 4.67. The molecule has 0 amide bonds. The summed E-state index contributed by atoms with van der Waals surface area (Å²) in [6.07, 6.45) is 4.92. The summed E-state index contributed by atoms with van der Waals surface area (Å²) < 4.78 is 11.9. The first-order valence-electron chi connectivity index (χ1n) is 7.00. The average Bonchev–Trinajstić information content (AvgIpc) is 3.01. The molecule has 4 rings (SSSR count). The molecule has 0 spiro atoms. The first kappa shape index (κ1) is 13.4. The summed E-state index contributed by atoms with van der Waals surface area (Å²) in [5.41, 5.74) is 1.15. The smallest absolute Gasteiger partial charge is 0.282 e. The second kappa shape index (κ2) is 5.20.